The van der Waals surface area contributed by atoms with Crippen molar-refractivity contribution in [2.24, 2.45) is 0 Å². The number of carboxylic acids is 1. The Labute approximate surface area is 160 Å². The molecule has 5 nitrogen and oxygen atoms in total. The van der Waals surface area contributed by atoms with Gasteiger partial charge in [-0.2, -0.15) is 0 Å². The number of β-lactam (4-membered cyclic amide) rings is 1. The van der Waals surface area contributed by atoms with Crippen molar-refractivity contribution in [2.45, 2.75) is 41.8 Å². The normalized spacial score (nSPS) is 28.7. The highest BCUT2D eigenvalue weighted by atomic mass is 32.2. The zero-order chi connectivity index (χ0) is 19.4. The van der Waals surface area contributed by atoms with Crippen molar-refractivity contribution in [3.05, 3.63) is 71.8 Å². The molecule has 3 atom stereocenters. The molecule has 4 rings (SSSR count). The Hall–Kier alpha value is -2.47. The molecule has 2 fully saturated rings. The highest BCUT2D eigenvalue weighted by Crippen LogP contribution is 2.57. The topological polar surface area (TPSA) is 74.7 Å². The third-order valence-electron chi connectivity index (χ3n) is 5.96. The van der Waals surface area contributed by atoms with Crippen LogP contribution in [0, 0.1) is 0 Å². The average Bonchev–Trinajstić information content (AvgIpc) is 2.79. The van der Waals surface area contributed by atoms with E-state index in [1.807, 2.05) is 60.7 Å². The standard InChI is InChI=1S/C21H21NO4S/c1-20(2)21(19(24)25,22-16(23)13-17(22)27(20)26)18(14-9-5-3-6-10-14)15-11-7-4-8-12-15/h3-12,17-18H,13H2,1-2H3,(H,24,25). The molecule has 1 amide bonds. The van der Waals surface area contributed by atoms with Crippen LogP contribution in [0.3, 0.4) is 0 Å². The first-order chi connectivity index (χ1) is 12.8. The predicted octanol–water partition coefficient (Wildman–Crippen LogP) is 2.74. The Morgan fingerprint density at radius 3 is 1.96 bits per heavy atom. The molecular formula is C21H21NO4S. The van der Waals surface area contributed by atoms with Crippen molar-refractivity contribution in [1.82, 2.24) is 4.90 Å². The van der Waals surface area contributed by atoms with Crippen molar-refractivity contribution < 1.29 is 18.9 Å². The van der Waals surface area contributed by atoms with Gasteiger partial charge < -0.3 is 10.0 Å². The molecule has 2 heterocycles. The molecule has 0 spiro atoms. The molecule has 2 aliphatic rings. The number of carbonyl (C=O) groups is 2. The largest absolute Gasteiger partial charge is 0.479 e. The van der Waals surface area contributed by atoms with Crippen molar-refractivity contribution in [3.63, 3.8) is 0 Å². The highest BCUT2D eigenvalue weighted by molar-refractivity contribution is 7.87. The summed E-state index contributed by atoms with van der Waals surface area (Å²) in [4.78, 5) is 26.8. The van der Waals surface area contributed by atoms with E-state index in [1.54, 1.807) is 13.8 Å². The van der Waals surface area contributed by atoms with E-state index in [9.17, 15) is 18.9 Å². The van der Waals surface area contributed by atoms with Crippen molar-refractivity contribution in [3.8, 4) is 0 Å². The van der Waals surface area contributed by atoms with Crippen LogP contribution in [0.5, 0.6) is 0 Å². The first-order valence-corrected chi connectivity index (χ1v) is 10.1. The van der Waals surface area contributed by atoms with Crippen molar-refractivity contribution in [2.75, 3.05) is 0 Å². The van der Waals surface area contributed by atoms with Crippen LogP contribution in [0.4, 0.5) is 0 Å². The Morgan fingerprint density at radius 1 is 1.07 bits per heavy atom. The van der Waals surface area contributed by atoms with E-state index in [0.717, 1.165) is 11.1 Å². The molecule has 140 valence electrons. The van der Waals surface area contributed by atoms with E-state index in [-0.39, 0.29) is 12.3 Å². The summed E-state index contributed by atoms with van der Waals surface area (Å²) in [6.07, 6.45) is 0.140. The van der Waals surface area contributed by atoms with Crippen LogP contribution in [0.15, 0.2) is 60.7 Å². The SMILES string of the molecule is CC1(C)S(=O)C2CC(=O)N2C1(C(=O)O)C(c1ccccc1)c1ccccc1. The van der Waals surface area contributed by atoms with Gasteiger partial charge in [-0.05, 0) is 25.0 Å². The van der Waals surface area contributed by atoms with Gasteiger partial charge in [0.25, 0.3) is 0 Å². The van der Waals surface area contributed by atoms with Gasteiger partial charge in [-0.15, -0.1) is 0 Å². The quantitative estimate of drug-likeness (QED) is 0.824. The van der Waals surface area contributed by atoms with Crippen molar-refractivity contribution in [1.29, 1.82) is 0 Å². The fraction of sp³-hybridized carbons (Fsp3) is 0.333. The van der Waals surface area contributed by atoms with Crippen molar-refractivity contribution >= 4 is 22.7 Å². The van der Waals surface area contributed by atoms with Gasteiger partial charge in [0.1, 0.15) is 5.37 Å². The lowest BCUT2D eigenvalue weighted by molar-refractivity contribution is -0.169. The zero-order valence-electron chi connectivity index (χ0n) is 15.2. The van der Waals surface area contributed by atoms with Gasteiger partial charge in [-0.1, -0.05) is 60.7 Å². The minimum atomic E-state index is -1.62. The number of aliphatic carboxylic acids is 1. The third-order valence-corrected chi connectivity index (χ3v) is 8.15. The number of amides is 1. The number of nitrogens with zero attached hydrogens (tertiary/aromatic N) is 1. The number of rotatable bonds is 4. The summed E-state index contributed by atoms with van der Waals surface area (Å²) in [5.74, 6) is -2.00. The van der Waals surface area contributed by atoms with E-state index in [0.29, 0.717) is 0 Å². The van der Waals surface area contributed by atoms with E-state index < -0.39 is 38.3 Å². The van der Waals surface area contributed by atoms with Gasteiger partial charge in [0, 0.05) is 5.92 Å². The minimum Gasteiger partial charge on any atom is -0.479 e. The molecule has 2 aromatic carbocycles. The molecular weight excluding hydrogens is 362 g/mol. The van der Waals surface area contributed by atoms with Gasteiger partial charge in [-0.25, -0.2) is 4.79 Å². The van der Waals surface area contributed by atoms with Crippen LogP contribution in [-0.4, -0.2) is 41.8 Å². The Morgan fingerprint density at radius 2 is 1.56 bits per heavy atom. The monoisotopic (exact) mass is 383 g/mol. The first-order valence-electron chi connectivity index (χ1n) is 8.89. The van der Waals surface area contributed by atoms with Crippen LogP contribution in [0.25, 0.3) is 0 Å². The van der Waals surface area contributed by atoms with Gasteiger partial charge in [0.2, 0.25) is 5.91 Å². The maximum Gasteiger partial charge on any atom is 0.332 e. The molecule has 0 saturated carbocycles. The molecule has 27 heavy (non-hydrogen) atoms. The summed E-state index contributed by atoms with van der Waals surface area (Å²) >= 11 is 0. The smallest absolute Gasteiger partial charge is 0.332 e. The number of benzene rings is 2. The van der Waals surface area contributed by atoms with Crippen LogP contribution >= 0.6 is 0 Å². The molecule has 3 unspecified atom stereocenters. The molecule has 0 aliphatic carbocycles. The molecule has 0 aromatic heterocycles. The second-order valence-electron chi connectivity index (χ2n) is 7.56. The maximum atomic E-state index is 13.2. The Bertz CT molecular complexity index is 888. The molecule has 0 radical (unpaired) electrons. The number of carboxylic acid groups (broad SMARTS) is 1. The maximum absolute atomic E-state index is 13.2. The van der Waals surface area contributed by atoms with Gasteiger partial charge in [-0.3, -0.25) is 9.00 Å². The lowest BCUT2D eigenvalue weighted by Crippen LogP contribution is -2.69. The molecule has 2 aliphatic heterocycles. The molecule has 1 N–H and O–H groups in total. The molecule has 0 bridgehead atoms. The number of hydrogen-bond donors (Lipinski definition) is 1. The fourth-order valence-electron chi connectivity index (χ4n) is 4.70. The molecule has 6 heteroatoms. The second kappa shape index (κ2) is 6.02. The second-order valence-corrected chi connectivity index (χ2v) is 9.72. The summed E-state index contributed by atoms with van der Waals surface area (Å²) in [6.45, 7) is 3.42. The van der Waals surface area contributed by atoms with E-state index in [2.05, 4.69) is 0 Å². The zero-order valence-corrected chi connectivity index (χ0v) is 16.0. The van der Waals surface area contributed by atoms with Crippen LogP contribution in [-0.2, 0) is 20.4 Å². The average molecular weight is 383 g/mol. The Balaban J connectivity index is 2.05. The van der Waals surface area contributed by atoms with Gasteiger partial charge in [0.15, 0.2) is 5.54 Å². The minimum absolute atomic E-state index is 0.140. The van der Waals surface area contributed by atoms with E-state index in [1.165, 1.54) is 4.90 Å². The summed E-state index contributed by atoms with van der Waals surface area (Å²) in [6, 6.07) is 18.7. The summed E-state index contributed by atoms with van der Waals surface area (Å²) in [5, 5.41) is 9.98. The van der Waals surface area contributed by atoms with Crippen LogP contribution < -0.4 is 0 Å². The number of carbonyl (C=O) groups excluding carboxylic acids is 1. The summed E-state index contributed by atoms with van der Waals surface area (Å²) in [7, 11) is -1.48. The van der Waals surface area contributed by atoms with Gasteiger partial charge in [0.05, 0.1) is 22.0 Å². The Kier molecular flexibility index (Phi) is 4.00. The fourth-order valence-corrected chi connectivity index (χ4v) is 6.76. The van der Waals surface area contributed by atoms with Crippen LogP contribution in [0.1, 0.15) is 37.3 Å². The van der Waals surface area contributed by atoms with E-state index in [4.69, 9.17) is 0 Å². The number of fused-ring (bicyclic) bond motifs is 1. The molecule has 2 saturated heterocycles. The lowest BCUT2D eigenvalue weighted by Gasteiger charge is -2.50. The summed E-state index contributed by atoms with van der Waals surface area (Å²) < 4.78 is 12.1. The molecule has 2 aromatic rings. The van der Waals surface area contributed by atoms with Gasteiger partial charge >= 0.3 is 5.97 Å². The van der Waals surface area contributed by atoms with Crippen LogP contribution in [0.2, 0.25) is 0 Å². The number of hydrogen-bond acceptors (Lipinski definition) is 3. The first kappa shape index (κ1) is 17.9. The predicted molar refractivity (Wildman–Crippen MR) is 103 cm³/mol. The third kappa shape index (κ3) is 2.19. The summed E-state index contributed by atoms with van der Waals surface area (Å²) in [5.41, 5.74) is -0.0475. The van der Waals surface area contributed by atoms with E-state index >= 15 is 0 Å². The highest BCUT2D eigenvalue weighted by Gasteiger charge is 2.75. The lowest BCUT2D eigenvalue weighted by atomic mass is 9.66.